The zero-order chi connectivity index (χ0) is 23.0. The Morgan fingerprint density at radius 2 is 1.91 bits per heavy atom. The molecule has 2 aromatic carbocycles. The summed E-state index contributed by atoms with van der Waals surface area (Å²) in [5.41, 5.74) is 3.37. The van der Waals surface area contributed by atoms with Crippen LogP contribution in [0.4, 0.5) is 29.5 Å². The fourth-order valence-electron chi connectivity index (χ4n) is 4.40. The van der Waals surface area contributed by atoms with Crippen LogP contribution in [0.3, 0.4) is 0 Å². The lowest BCUT2D eigenvalue weighted by Gasteiger charge is -2.36. The molecule has 172 valence electrons. The summed E-state index contributed by atoms with van der Waals surface area (Å²) in [6.45, 7) is 4.60. The van der Waals surface area contributed by atoms with Crippen molar-refractivity contribution in [1.82, 2.24) is 10.2 Å². The molecule has 2 aliphatic heterocycles. The van der Waals surface area contributed by atoms with E-state index < -0.39 is 11.7 Å². The second-order valence-electron chi connectivity index (χ2n) is 8.51. The van der Waals surface area contributed by atoms with Crippen molar-refractivity contribution in [2.24, 2.45) is 4.99 Å². The average molecular weight is 471 g/mol. The van der Waals surface area contributed by atoms with Crippen LogP contribution < -0.4 is 10.6 Å². The predicted molar refractivity (Wildman–Crippen MR) is 128 cm³/mol. The molecule has 3 heterocycles. The zero-order valence-electron chi connectivity index (χ0n) is 18.2. The molecule has 8 heteroatoms. The van der Waals surface area contributed by atoms with Gasteiger partial charge in [0.15, 0.2) is 0 Å². The Hall–Kier alpha value is -2.84. The highest BCUT2D eigenvalue weighted by Gasteiger charge is 2.30. The largest absolute Gasteiger partial charge is 0.416 e. The Bertz CT molecular complexity index is 1170. The van der Waals surface area contributed by atoms with Crippen LogP contribution >= 0.6 is 11.3 Å². The standard InChI is InChI=1S/C25H25F3N4S/c1-16-14-20-23(30-21-4-2-3-5-22(21)31-24(20)33-16)32-13-12-29-19(15-32)11-8-17-6-9-18(10-7-17)25(26,27)28/h2-7,9-10,14,19,29,31H,8,11-13,15H2,1H3/t19-/m0/s1. The van der Waals surface area contributed by atoms with E-state index in [-0.39, 0.29) is 6.04 Å². The molecule has 33 heavy (non-hydrogen) atoms. The molecule has 0 unspecified atom stereocenters. The van der Waals surface area contributed by atoms with E-state index in [1.165, 1.54) is 17.0 Å². The Morgan fingerprint density at radius 3 is 2.70 bits per heavy atom. The van der Waals surface area contributed by atoms with Gasteiger partial charge in [0.1, 0.15) is 10.8 Å². The topological polar surface area (TPSA) is 39.7 Å². The molecule has 1 fully saturated rings. The number of alkyl halides is 3. The van der Waals surface area contributed by atoms with E-state index in [4.69, 9.17) is 4.99 Å². The number of aryl methyl sites for hydroxylation is 2. The summed E-state index contributed by atoms with van der Waals surface area (Å²) in [6, 6.07) is 16.0. The molecule has 0 aliphatic carbocycles. The lowest BCUT2D eigenvalue weighted by Crippen LogP contribution is -2.52. The highest BCUT2D eigenvalue weighted by atomic mass is 32.1. The summed E-state index contributed by atoms with van der Waals surface area (Å²) in [5, 5.41) is 8.22. The number of hydrogen-bond acceptors (Lipinski definition) is 5. The van der Waals surface area contributed by atoms with Crippen LogP contribution in [0.1, 0.15) is 28.0 Å². The first-order valence-electron chi connectivity index (χ1n) is 11.1. The van der Waals surface area contributed by atoms with Gasteiger partial charge in [0.25, 0.3) is 0 Å². The third kappa shape index (κ3) is 4.77. The van der Waals surface area contributed by atoms with Gasteiger partial charge in [-0.3, -0.25) is 0 Å². The lowest BCUT2D eigenvalue weighted by atomic mass is 10.0. The predicted octanol–water partition coefficient (Wildman–Crippen LogP) is 6.12. The van der Waals surface area contributed by atoms with Crippen LogP contribution in [-0.2, 0) is 12.6 Å². The number of amidine groups is 1. The summed E-state index contributed by atoms with van der Waals surface area (Å²) in [4.78, 5) is 8.62. The van der Waals surface area contributed by atoms with Crippen molar-refractivity contribution in [3.8, 4) is 0 Å². The molecular weight excluding hydrogens is 445 g/mol. The van der Waals surface area contributed by atoms with Gasteiger partial charge in [-0.15, -0.1) is 11.3 Å². The molecule has 1 aromatic heterocycles. The van der Waals surface area contributed by atoms with Crippen LogP contribution in [0.25, 0.3) is 0 Å². The fraction of sp³-hybridized carbons (Fsp3) is 0.320. The maximum absolute atomic E-state index is 12.8. The van der Waals surface area contributed by atoms with E-state index in [1.54, 1.807) is 23.5 Å². The van der Waals surface area contributed by atoms with Crippen molar-refractivity contribution in [1.29, 1.82) is 0 Å². The number of hydrogen-bond donors (Lipinski definition) is 2. The van der Waals surface area contributed by atoms with Crippen molar-refractivity contribution in [2.45, 2.75) is 32.0 Å². The van der Waals surface area contributed by atoms with Gasteiger partial charge in [0.05, 0.1) is 22.5 Å². The molecular formula is C25H25F3N4S. The third-order valence-corrected chi connectivity index (χ3v) is 7.06. The maximum atomic E-state index is 12.8. The van der Waals surface area contributed by atoms with Crippen molar-refractivity contribution in [3.05, 3.63) is 76.2 Å². The van der Waals surface area contributed by atoms with Gasteiger partial charge < -0.3 is 15.5 Å². The highest BCUT2D eigenvalue weighted by molar-refractivity contribution is 7.16. The molecule has 2 N–H and O–H groups in total. The molecule has 3 aromatic rings. The first-order chi connectivity index (χ1) is 15.9. The number of aliphatic imine (C=N–C) groups is 1. The minimum absolute atomic E-state index is 0.235. The molecule has 1 saturated heterocycles. The van der Waals surface area contributed by atoms with E-state index in [1.807, 2.05) is 24.3 Å². The summed E-state index contributed by atoms with van der Waals surface area (Å²) in [7, 11) is 0. The Morgan fingerprint density at radius 1 is 1.12 bits per heavy atom. The minimum atomic E-state index is -4.30. The van der Waals surface area contributed by atoms with E-state index in [9.17, 15) is 13.2 Å². The van der Waals surface area contributed by atoms with Crippen molar-refractivity contribution in [2.75, 3.05) is 25.0 Å². The number of halogens is 3. The average Bonchev–Trinajstić information content (AvgIpc) is 3.09. The lowest BCUT2D eigenvalue weighted by molar-refractivity contribution is -0.137. The fourth-order valence-corrected chi connectivity index (χ4v) is 5.32. The van der Waals surface area contributed by atoms with Gasteiger partial charge in [0, 0.05) is 30.6 Å². The quantitative estimate of drug-likeness (QED) is 0.485. The van der Waals surface area contributed by atoms with Gasteiger partial charge >= 0.3 is 6.18 Å². The summed E-state index contributed by atoms with van der Waals surface area (Å²) in [6.07, 6.45) is -2.72. The van der Waals surface area contributed by atoms with E-state index in [2.05, 4.69) is 28.5 Å². The highest BCUT2D eigenvalue weighted by Crippen LogP contribution is 2.39. The van der Waals surface area contributed by atoms with Gasteiger partial charge in [-0.25, -0.2) is 4.99 Å². The number of piperazine rings is 1. The monoisotopic (exact) mass is 470 g/mol. The normalized spacial score (nSPS) is 18.1. The third-order valence-electron chi connectivity index (χ3n) is 6.09. The summed E-state index contributed by atoms with van der Waals surface area (Å²) in [5.74, 6) is 0.979. The van der Waals surface area contributed by atoms with Crippen LogP contribution in [-0.4, -0.2) is 36.4 Å². The summed E-state index contributed by atoms with van der Waals surface area (Å²) < 4.78 is 38.4. The maximum Gasteiger partial charge on any atom is 0.416 e. The molecule has 0 spiro atoms. The molecule has 0 bridgehead atoms. The van der Waals surface area contributed by atoms with E-state index in [0.29, 0.717) is 0 Å². The zero-order valence-corrected chi connectivity index (χ0v) is 19.1. The van der Waals surface area contributed by atoms with Gasteiger partial charge in [-0.2, -0.15) is 13.2 Å². The van der Waals surface area contributed by atoms with Crippen molar-refractivity contribution < 1.29 is 13.2 Å². The second kappa shape index (κ2) is 8.83. The first-order valence-corrected chi connectivity index (χ1v) is 11.9. The van der Waals surface area contributed by atoms with Crippen LogP contribution in [0.2, 0.25) is 0 Å². The Balaban J connectivity index is 1.32. The van der Waals surface area contributed by atoms with E-state index in [0.717, 1.165) is 65.8 Å². The molecule has 5 rings (SSSR count). The molecule has 0 radical (unpaired) electrons. The number of fused-ring (bicyclic) bond motifs is 2. The van der Waals surface area contributed by atoms with Crippen LogP contribution in [0.15, 0.2) is 59.6 Å². The first kappa shape index (κ1) is 22.0. The molecule has 2 aliphatic rings. The second-order valence-corrected chi connectivity index (χ2v) is 9.76. The number of nitrogens with one attached hydrogen (secondary N) is 2. The number of benzene rings is 2. The van der Waals surface area contributed by atoms with Crippen LogP contribution in [0, 0.1) is 6.92 Å². The van der Waals surface area contributed by atoms with Crippen LogP contribution in [0.5, 0.6) is 0 Å². The number of para-hydroxylation sites is 2. The SMILES string of the molecule is Cc1cc2c(s1)Nc1ccccc1N=C2N1CCN[C@@H](CCc2ccc(C(F)(F)F)cc2)C1. The van der Waals surface area contributed by atoms with Gasteiger partial charge in [0.2, 0.25) is 0 Å². The van der Waals surface area contributed by atoms with Gasteiger partial charge in [-0.05, 0) is 55.7 Å². The minimum Gasteiger partial charge on any atom is -0.353 e. The number of nitrogens with zero attached hydrogens (tertiary/aromatic N) is 2. The van der Waals surface area contributed by atoms with Crippen molar-refractivity contribution >= 4 is 33.5 Å². The Kier molecular flexibility index (Phi) is 5.88. The molecule has 0 saturated carbocycles. The number of rotatable bonds is 3. The van der Waals surface area contributed by atoms with Gasteiger partial charge in [-0.1, -0.05) is 24.3 Å². The number of thiophene rings is 1. The van der Waals surface area contributed by atoms with E-state index >= 15 is 0 Å². The van der Waals surface area contributed by atoms with Crippen molar-refractivity contribution in [3.63, 3.8) is 0 Å². The summed E-state index contributed by atoms with van der Waals surface area (Å²) >= 11 is 1.73. The number of anilines is 2. The Labute approximate surface area is 195 Å². The molecule has 4 nitrogen and oxygen atoms in total. The molecule has 1 atom stereocenters. The smallest absolute Gasteiger partial charge is 0.353 e. The molecule has 0 amide bonds.